The van der Waals surface area contributed by atoms with E-state index in [2.05, 4.69) is 61.7 Å². The molecule has 2 aromatic carbocycles. The second-order valence-corrected chi connectivity index (χ2v) is 22.0. The van der Waals surface area contributed by atoms with Gasteiger partial charge in [-0.1, -0.05) is 47.5 Å². The van der Waals surface area contributed by atoms with Crippen LogP contribution in [-0.4, -0.2) is 148 Å². The molecule has 1 fully saturated rings. The number of nitrogens with one attached hydrogen (secondary N) is 2. The molecule has 0 saturated carbocycles. The van der Waals surface area contributed by atoms with Gasteiger partial charge in [0.2, 0.25) is 5.91 Å². The zero-order valence-electron chi connectivity index (χ0n) is 42.7. The molecular formula is C53H62Cl2N12O5S2. The molecule has 2 amide bonds. The Labute approximate surface area is 449 Å². The van der Waals surface area contributed by atoms with Gasteiger partial charge in [-0.25, -0.2) is 0 Å². The number of nitrogens with zero attached hydrogens (tertiary/aromatic N) is 10. The zero-order valence-corrected chi connectivity index (χ0v) is 45.8. The molecule has 6 aromatic rings. The van der Waals surface area contributed by atoms with Crippen molar-refractivity contribution in [2.24, 2.45) is 9.98 Å². The normalized spacial score (nSPS) is 16.6. The van der Waals surface area contributed by atoms with Crippen LogP contribution in [0.2, 0.25) is 10.0 Å². The highest BCUT2D eigenvalue weighted by Crippen LogP contribution is 2.42. The molecule has 0 aliphatic carbocycles. The number of Topliss-reactive ketones (excluding diaryl/α,β-unsaturated/α-hetero) is 1. The van der Waals surface area contributed by atoms with Crippen molar-refractivity contribution in [3.05, 3.63) is 125 Å². The number of piperazine rings is 1. The van der Waals surface area contributed by atoms with Crippen molar-refractivity contribution < 1.29 is 23.9 Å². The predicted molar refractivity (Wildman–Crippen MR) is 291 cm³/mol. The fraction of sp³-hybridized carbons (Fsp3) is 0.453. The Hall–Kier alpha value is -5.51. The third kappa shape index (κ3) is 11.9. The number of carbonyl (C=O) groups excluding carboxylic acids is 3. The summed E-state index contributed by atoms with van der Waals surface area (Å²) in [4.78, 5) is 57.9. The number of ether oxygens (including phenoxy) is 2. The quantitative estimate of drug-likeness (QED) is 0.0667. The number of aryl methyl sites for hydroxylation is 3. The molecule has 2 N–H and O–H groups in total. The summed E-state index contributed by atoms with van der Waals surface area (Å²) in [5.74, 6) is 2.26. The van der Waals surface area contributed by atoms with Crippen molar-refractivity contribution in [2.45, 2.75) is 78.8 Å². The van der Waals surface area contributed by atoms with E-state index >= 15 is 0 Å². The molecule has 0 bridgehead atoms. The number of fused-ring (bicyclic) bond motifs is 6. The van der Waals surface area contributed by atoms with Gasteiger partial charge < -0.3 is 29.9 Å². The molecule has 74 heavy (non-hydrogen) atoms. The topological polar surface area (TPSA) is 186 Å². The largest absolute Gasteiger partial charge is 0.377 e. The Morgan fingerprint density at radius 2 is 1.18 bits per heavy atom. The van der Waals surface area contributed by atoms with Gasteiger partial charge in [0, 0.05) is 89.3 Å². The van der Waals surface area contributed by atoms with Crippen LogP contribution in [0.5, 0.6) is 0 Å². The van der Waals surface area contributed by atoms with Crippen LogP contribution in [0.4, 0.5) is 0 Å². The number of halogens is 2. The molecule has 4 aromatic heterocycles. The second-order valence-electron chi connectivity index (χ2n) is 19.0. The summed E-state index contributed by atoms with van der Waals surface area (Å²) in [6, 6.07) is 13.9. The van der Waals surface area contributed by atoms with E-state index in [1.54, 1.807) is 11.3 Å². The lowest BCUT2D eigenvalue weighted by Crippen LogP contribution is -2.44. The molecule has 7 heterocycles. The maximum absolute atomic E-state index is 13.9. The van der Waals surface area contributed by atoms with E-state index in [4.69, 9.17) is 42.7 Å². The number of thiophene rings is 2. The van der Waals surface area contributed by atoms with E-state index in [9.17, 15) is 14.4 Å². The van der Waals surface area contributed by atoms with Crippen LogP contribution in [0.1, 0.15) is 115 Å². The average Bonchev–Trinajstić information content (AvgIpc) is 4.09. The summed E-state index contributed by atoms with van der Waals surface area (Å²) in [7, 11) is 2.15. The van der Waals surface area contributed by atoms with Crippen molar-refractivity contribution in [3.63, 3.8) is 0 Å². The van der Waals surface area contributed by atoms with Gasteiger partial charge in [-0.2, -0.15) is 0 Å². The third-order valence-electron chi connectivity index (χ3n) is 13.7. The molecule has 0 spiro atoms. The molecule has 21 heteroatoms. The van der Waals surface area contributed by atoms with Crippen molar-refractivity contribution in [1.82, 2.24) is 50.0 Å². The summed E-state index contributed by atoms with van der Waals surface area (Å²) in [6.45, 7) is 16.9. The van der Waals surface area contributed by atoms with E-state index in [0.29, 0.717) is 64.3 Å². The van der Waals surface area contributed by atoms with Gasteiger partial charge in [-0.05, 0) is 96.4 Å². The van der Waals surface area contributed by atoms with Crippen molar-refractivity contribution in [2.75, 3.05) is 79.3 Å². The number of amides is 2. The number of carbonyl (C=O) groups is 3. The lowest BCUT2D eigenvalue weighted by Gasteiger charge is -2.32. The standard InChI is InChI=1S/C53H62Cl2N12O5S2/c1-31-33(3)73-52-44(31)46(36-10-14-38(54)15-11-36)59-42(50-63-60-34(4)66(50)52)30-43(69)56-18-25-71-27-28-72-26-19-57-51(70)48-32(2)45-47(37-12-16-39(55)17-13-37)58-41(49-62-61-35(5)67(49)53(45)74-48)29-40(68)9-7-8-20-65-23-21-64(6)22-24-65/h10-17,41-42H,7-9,18-30H2,1-6H3,(H,56,69)(H,57,70). The fourth-order valence-corrected chi connectivity index (χ4v) is 12.3. The molecule has 3 aliphatic rings. The van der Waals surface area contributed by atoms with Crippen LogP contribution in [-0.2, 0) is 19.1 Å². The van der Waals surface area contributed by atoms with Gasteiger partial charge in [0.25, 0.3) is 5.91 Å². The molecule has 0 radical (unpaired) electrons. The van der Waals surface area contributed by atoms with E-state index in [0.717, 1.165) is 100 Å². The van der Waals surface area contributed by atoms with Gasteiger partial charge in [0.1, 0.15) is 39.5 Å². The number of benzene rings is 2. The van der Waals surface area contributed by atoms with Gasteiger partial charge in [0.15, 0.2) is 11.6 Å². The van der Waals surface area contributed by atoms with Crippen molar-refractivity contribution in [3.8, 4) is 10.0 Å². The van der Waals surface area contributed by atoms with Crippen LogP contribution in [0, 0.1) is 34.6 Å². The first-order valence-electron chi connectivity index (χ1n) is 25.1. The first-order chi connectivity index (χ1) is 35.7. The first kappa shape index (κ1) is 53.3. The number of unbranched alkanes of at least 4 members (excludes halogenated alkanes) is 1. The number of aliphatic imine (C=N–C) groups is 2. The molecule has 17 nitrogen and oxygen atoms in total. The molecule has 2 atom stereocenters. The molecule has 3 aliphatic heterocycles. The van der Waals surface area contributed by atoms with Gasteiger partial charge >= 0.3 is 0 Å². The van der Waals surface area contributed by atoms with E-state index in [1.807, 2.05) is 78.4 Å². The van der Waals surface area contributed by atoms with E-state index < -0.39 is 12.1 Å². The predicted octanol–water partition coefficient (Wildman–Crippen LogP) is 7.95. The molecule has 9 rings (SSSR count). The van der Waals surface area contributed by atoms with Crippen LogP contribution in [0.25, 0.3) is 10.0 Å². The summed E-state index contributed by atoms with van der Waals surface area (Å²) in [5.41, 5.74) is 6.87. The highest BCUT2D eigenvalue weighted by molar-refractivity contribution is 7.17. The van der Waals surface area contributed by atoms with Gasteiger partial charge in [-0.15, -0.1) is 43.1 Å². The summed E-state index contributed by atoms with van der Waals surface area (Å²) < 4.78 is 15.6. The second kappa shape index (κ2) is 24.0. The number of ketones is 1. The maximum Gasteiger partial charge on any atom is 0.261 e. The van der Waals surface area contributed by atoms with E-state index in [-0.39, 0.29) is 50.2 Å². The van der Waals surface area contributed by atoms with E-state index in [1.165, 1.54) is 16.2 Å². The summed E-state index contributed by atoms with van der Waals surface area (Å²) >= 11 is 15.6. The highest BCUT2D eigenvalue weighted by atomic mass is 35.5. The van der Waals surface area contributed by atoms with Crippen molar-refractivity contribution in [1.29, 1.82) is 0 Å². The van der Waals surface area contributed by atoms with Crippen LogP contribution in [0.15, 0.2) is 58.5 Å². The summed E-state index contributed by atoms with van der Waals surface area (Å²) in [6.07, 6.45) is 2.53. The molecular weight excluding hydrogens is 1020 g/mol. The van der Waals surface area contributed by atoms with Crippen LogP contribution >= 0.6 is 45.9 Å². The lowest BCUT2D eigenvalue weighted by molar-refractivity contribution is -0.122. The summed E-state index contributed by atoms with van der Waals surface area (Å²) in [5, 5.41) is 26.9. The Balaban J connectivity index is 0.759. The minimum absolute atomic E-state index is 0.0733. The monoisotopic (exact) mass is 1080 g/mol. The Kier molecular flexibility index (Phi) is 17.3. The van der Waals surface area contributed by atoms with Crippen molar-refractivity contribution >= 4 is 74.9 Å². The number of hydrogen-bond acceptors (Lipinski definition) is 15. The third-order valence-corrected chi connectivity index (χ3v) is 16.7. The van der Waals surface area contributed by atoms with Gasteiger partial charge in [0.05, 0.1) is 49.1 Å². The minimum atomic E-state index is -0.575. The molecule has 390 valence electrons. The Morgan fingerprint density at radius 3 is 1.76 bits per heavy atom. The smallest absolute Gasteiger partial charge is 0.261 e. The number of likely N-dealkylation sites (N-methyl/N-ethyl adjacent to an activating group) is 1. The minimum Gasteiger partial charge on any atom is -0.377 e. The lowest BCUT2D eigenvalue weighted by atomic mass is 9.99. The number of rotatable bonds is 21. The molecule has 1 saturated heterocycles. The zero-order chi connectivity index (χ0) is 52.0. The Bertz CT molecular complexity index is 3060. The molecule has 2 unspecified atom stereocenters. The highest BCUT2D eigenvalue weighted by Gasteiger charge is 2.35. The first-order valence-corrected chi connectivity index (χ1v) is 27.5. The van der Waals surface area contributed by atoms with Crippen LogP contribution in [0.3, 0.4) is 0 Å². The SMILES string of the molecule is Cc1sc2c(c1C)C(c1ccc(Cl)cc1)=NC(CC(=O)NCCOCCOCCNC(=O)c1sc3c(c1C)C(c1ccc(Cl)cc1)=NC(CC(=O)CCCCN1CCN(C)CC1)c1nnc(C)n1-3)c1nnc(C)n1-2. The van der Waals surface area contributed by atoms with Crippen LogP contribution < -0.4 is 10.6 Å². The maximum atomic E-state index is 13.9. The fourth-order valence-electron chi connectivity index (χ4n) is 9.57. The average molecular weight is 1080 g/mol. The number of hydrogen-bond donors (Lipinski definition) is 2. The number of aromatic nitrogens is 6. The Morgan fingerprint density at radius 1 is 0.649 bits per heavy atom. The van der Waals surface area contributed by atoms with Gasteiger partial charge in [-0.3, -0.25) is 33.5 Å².